The number of fused-ring (bicyclic) bond motifs is 1. The molecule has 0 bridgehead atoms. The molecule has 4 nitrogen and oxygen atoms in total. The van der Waals surface area contributed by atoms with Gasteiger partial charge in [-0.2, -0.15) is 0 Å². The molecule has 3 rings (SSSR count). The van der Waals surface area contributed by atoms with Crippen molar-refractivity contribution in [3.8, 4) is 0 Å². The van der Waals surface area contributed by atoms with Gasteiger partial charge in [0.15, 0.2) is 5.82 Å². The van der Waals surface area contributed by atoms with Gasteiger partial charge in [-0.15, -0.1) is 11.6 Å². The average Bonchev–Trinajstić information content (AvgIpc) is 2.99. The van der Waals surface area contributed by atoms with Gasteiger partial charge in [-0.3, -0.25) is 0 Å². The molecular formula is C12H8ClF2N3O. The first-order chi connectivity index (χ1) is 9.19. The zero-order valence-corrected chi connectivity index (χ0v) is 10.4. The Morgan fingerprint density at radius 3 is 2.84 bits per heavy atom. The van der Waals surface area contributed by atoms with Crippen LogP contribution in [0.2, 0.25) is 0 Å². The molecule has 0 amide bonds. The number of hydrogen-bond donors (Lipinski definition) is 0. The molecule has 98 valence electrons. The smallest absolute Gasteiger partial charge is 0.153 e. The van der Waals surface area contributed by atoms with E-state index in [-0.39, 0.29) is 17.9 Å². The Kier molecular flexibility index (Phi) is 2.94. The number of halogens is 3. The molecular weight excluding hydrogens is 276 g/mol. The lowest BCUT2D eigenvalue weighted by Gasteiger charge is -2.04. The zero-order valence-electron chi connectivity index (χ0n) is 9.61. The lowest BCUT2D eigenvalue weighted by Crippen LogP contribution is -2.04. The summed E-state index contributed by atoms with van der Waals surface area (Å²) in [4.78, 5) is 4.08. The quantitative estimate of drug-likeness (QED) is 0.694. The van der Waals surface area contributed by atoms with Crippen LogP contribution in [0.15, 0.2) is 29.0 Å². The second-order valence-electron chi connectivity index (χ2n) is 3.99. The van der Waals surface area contributed by atoms with Crippen LogP contribution in [0.4, 0.5) is 8.78 Å². The average molecular weight is 284 g/mol. The minimum Gasteiger partial charge on any atom is -0.364 e. The van der Waals surface area contributed by atoms with Crippen LogP contribution in [-0.4, -0.2) is 14.7 Å². The largest absolute Gasteiger partial charge is 0.364 e. The summed E-state index contributed by atoms with van der Waals surface area (Å²) in [5.41, 5.74) is 1.06. The predicted octanol–water partition coefficient (Wildman–Crippen LogP) is 3.09. The first-order valence-corrected chi connectivity index (χ1v) is 6.02. The van der Waals surface area contributed by atoms with Crippen molar-refractivity contribution in [2.45, 2.75) is 12.4 Å². The lowest BCUT2D eigenvalue weighted by atomic mass is 10.3. The summed E-state index contributed by atoms with van der Waals surface area (Å²) < 4.78 is 33.3. The van der Waals surface area contributed by atoms with Crippen molar-refractivity contribution in [3.63, 3.8) is 0 Å². The number of hydrogen-bond acceptors (Lipinski definition) is 3. The van der Waals surface area contributed by atoms with Crippen molar-refractivity contribution in [3.05, 3.63) is 47.6 Å². The number of aromatic nitrogens is 3. The fraction of sp³-hybridized carbons (Fsp3) is 0.167. The van der Waals surface area contributed by atoms with E-state index in [9.17, 15) is 8.78 Å². The van der Waals surface area contributed by atoms with E-state index in [0.717, 1.165) is 6.07 Å². The normalized spacial score (nSPS) is 11.3. The number of alkyl halides is 1. The molecule has 0 N–H and O–H groups in total. The second kappa shape index (κ2) is 4.62. The van der Waals surface area contributed by atoms with E-state index in [1.54, 1.807) is 10.6 Å². The van der Waals surface area contributed by atoms with Gasteiger partial charge >= 0.3 is 0 Å². The number of imidazole rings is 1. The highest BCUT2D eigenvalue weighted by Crippen LogP contribution is 2.22. The molecule has 3 aromatic rings. The molecule has 0 radical (unpaired) electrons. The molecule has 0 saturated heterocycles. The van der Waals surface area contributed by atoms with Crippen LogP contribution in [0.3, 0.4) is 0 Å². The van der Waals surface area contributed by atoms with Crippen LogP contribution in [0, 0.1) is 11.6 Å². The third-order valence-electron chi connectivity index (χ3n) is 2.78. The van der Waals surface area contributed by atoms with Crippen molar-refractivity contribution in [1.82, 2.24) is 14.7 Å². The Balaban J connectivity index is 2.20. The van der Waals surface area contributed by atoms with Gasteiger partial charge in [-0.05, 0) is 6.07 Å². The predicted molar refractivity (Wildman–Crippen MR) is 64.8 cm³/mol. The minimum atomic E-state index is -0.708. The molecule has 0 unspecified atom stereocenters. The lowest BCUT2D eigenvalue weighted by molar-refractivity contribution is 0.409. The van der Waals surface area contributed by atoms with Gasteiger partial charge < -0.3 is 9.09 Å². The summed E-state index contributed by atoms with van der Waals surface area (Å²) in [6.45, 7) is 0.290. The van der Waals surface area contributed by atoms with E-state index in [0.29, 0.717) is 17.0 Å². The van der Waals surface area contributed by atoms with E-state index in [1.165, 1.54) is 12.3 Å². The molecule has 0 saturated carbocycles. The molecule has 0 atom stereocenters. The van der Waals surface area contributed by atoms with Crippen LogP contribution in [-0.2, 0) is 12.4 Å². The van der Waals surface area contributed by atoms with Crippen LogP contribution < -0.4 is 0 Å². The van der Waals surface area contributed by atoms with E-state index in [2.05, 4.69) is 10.1 Å². The Bertz CT molecular complexity index is 724. The van der Waals surface area contributed by atoms with Crippen LogP contribution >= 0.6 is 11.6 Å². The molecule has 0 spiro atoms. The van der Waals surface area contributed by atoms with Gasteiger partial charge in [0, 0.05) is 12.1 Å². The maximum atomic E-state index is 13.7. The van der Waals surface area contributed by atoms with Gasteiger partial charge in [0.25, 0.3) is 0 Å². The highest BCUT2D eigenvalue weighted by atomic mass is 35.5. The van der Waals surface area contributed by atoms with Gasteiger partial charge in [0.05, 0.1) is 17.9 Å². The molecule has 0 aliphatic rings. The summed E-state index contributed by atoms with van der Waals surface area (Å²) in [6.07, 6.45) is 1.43. The van der Waals surface area contributed by atoms with Crippen molar-refractivity contribution < 1.29 is 13.3 Å². The fourth-order valence-corrected chi connectivity index (χ4v) is 2.16. The maximum absolute atomic E-state index is 13.7. The standard InChI is InChI=1S/C12H8ClF2N3O/c13-5-11-16-12-9(15)3-7(14)4-10(12)18(11)6-8-1-2-19-17-8/h1-4H,5-6H2. The highest BCUT2D eigenvalue weighted by Gasteiger charge is 2.15. The summed E-state index contributed by atoms with van der Waals surface area (Å²) in [6, 6.07) is 3.69. The molecule has 0 aliphatic carbocycles. The summed E-state index contributed by atoms with van der Waals surface area (Å²) in [5.74, 6) is -0.829. The van der Waals surface area contributed by atoms with E-state index >= 15 is 0 Å². The van der Waals surface area contributed by atoms with Crippen molar-refractivity contribution in [2.24, 2.45) is 0 Å². The zero-order chi connectivity index (χ0) is 13.4. The van der Waals surface area contributed by atoms with Crippen LogP contribution in [0.5, 0.6) is 0 Å². The van der Waals surface area contributed by atoms with E-state index < -0.39 is 11.6 Å². The Morgan fingerprint density at radius 2 is 2.16 bits per heavy atom. The van der Waals surface area contributed by atoms with Crippen LogP contribution in [0.1, 0.15) is 11.5 Å². The number of nitrogens with zero attached hydrogens (tertiary/aromatic N) is 3. The SMILES string of the molecule is Fc1cc(F)c2nc(CCl)n(Cc3ccon3)c2c1. The Morgan fingerprint density at radius 1 is 1.32 bits per heavy atom. The maximum Gasteiger partial charge on any atom is 0.153 e. The third-order valence-corrected chi connectivity index (χ3v) is 3.02. The molecule has 2 aromatic heterocycles. The fourth-order valence-electron chi connectivity index (χ4n) is 1.96. The molecule has 7 heteroatoms. The van der Waals surface area contributed by atoms with Gasteiger partial charge in [-0.1, -0.05) is 5.16 Å². The van der Waals surface area contributed by atoms with E-state index in [4.69, 9.17) is 16.1 Å². The molecule has 0 aliphatic heterocycles. The Hall–Kier alpha value is -1.95. The highest BCUT2D eigenvalue weighted by molar-refractivity contribution is 6.16. The molecule has 0 fully saturated rings. The van der Waals surface area contributed by atoms with Gasteiger partial charge in [0.1, 0.15) is 29.1 Å². The number of rotatable bonds is 3. The van der Waals surface area contributed by atoms with Crippen molar-refractivity contribution in [2.75, 3.05) is 0 Å². The second-order valence-corrected chi connectivity index (χ2v) is 4.26. The molecule has 2 heterocycles. The first kappa shape index (κ1) is 12.1. The van der Waals surface area contributed by atoms with Crippen LogP contribution in [0.25, 0.3) is 11.0 Å². The molecule has 1 aromatic carbocycles. The van der Waals surface area contributed by atoms with Gasteiger partial charge in [-0.25, -0.2) is 13.8 Å². The Labute approximate surface area is 111 Å². The molecule has 19 heavy (non-hydrogen) atoms. The van der Waals surface area contributed by atoms with Crippen molar-refractivity contribution in [1.29, 1.82) is 0 Å². The first-order valence-electron chi connectivity index (χ1n) is 5.48. The van der Waals surface area contributed by atoms with Crippen molar-refractivity contribution >= 4 is 22.6 Å². The minimum absolute atomic E-state index is 0.0909. The summed E-state index contributed by atoms with van der Waals surface area (Å²) >= 11 is 5.79. The topological polar surface area (TPSA) is 43.9 Å². The van der Waals surface area contributed by atoms with Gasteiger partial charge in [0.2, 0.25) is 0 Å². The number of benzene rings is 1. The summed E-state index contributed by atoms with van der Waals surface area (Å²) in [7, 11) is 0. The van der Waals surface area contributed by atoms with E-state index in [1.807, 2.05) is 0 Å². The summed E-state index contributed by atoms with van der Waals surface area (Å²) in [5, 5.41) is 3.76. The monoisotopic (exact) mass is 283 g/mol. The third kappa shape index (κ3) is 2.08.